The molecule has 0 aliphatic carbocycles. The van der Waals surface area contributed by atoms with Crippen molar-refractivity contribution in [2.75, 3.05) is 19.7 Å². The van der Waals surface area contributed by atoms with Gasteiger partial charge in [0, 0.05) is 45.8 Å². The van der Waals surface area contributed by atoms with Gasteiger partial charge in [-0.2, -0.15) is 5.26 Å². The Bertz CT molecular complexity index is 1380. The smallest absolute Gasteiger partial charge is 0.408 e. The monoisotopic (exact) mass is 482 g/mol. The Hall–Kier alpha value is -2.97. The number of carbonyl (C=O) groups excluding carboxylic acids is 1. The third kappa shape index (κ3) is 4.45. The van der Waals surface area contributed by atoms with E-state index < -0.39 is 12.1 Å². The van der Waals surface area contributed by atoms with Crippen molar-refractivity contribution in [1.82, 2.24) is 15.2 Å². The van der Waals surface area contributed by atoms with Crippen LogP contribution in [0.1, 0.15) is 11.3 Å². The fourth-order valence-electron chi connectivity index (χ4n) is 3.89. The number of aromatic nitrogens is 1. The van der Waals surface area contributed by atoms with Crippen molar-refractivity contribution >= 4 is 49.1 Å². The van der Waals surface area contributed by atoms with E-state index >= 15 is 0 Å². The zero-order chi connectivity index (χ0) is 22.9. The van der Waals surface area contributed by atoms with Gasteiger partial charge < -0.3 is 19.8 Å². The van der Waals surface area contributed by atoms with Gasteiger partial charge >= 0.3 is 5.76 Å². The summed E-state index contributed by atoms with van der Waals surface area (Å²) in [7, 11) is 1.69. The first kappa shape index (κ1) is 21.9. The molecule has 0 saturated carbocycles. The summed E-state index contributed by atoms with van der Waals surface area (Å²) in [5.41, 5.74) is 2.35. The molecule has 2 N–H and O–H groups in total. The number of benzene rings is 1. The maximum Gasteiger partial charge on any atom is 0.419 e. The molecular weight excluding hydrogens is 460 g/mol. The molecule has 4 heterocycles. The first-order valence-electron chi connectivity index (χ1n) is 10.7. The van der Waals surface area contributed by atoms with Crippen molar-refractivity contribution in [2.24, 2.45) is 7.05 Å². The fourth-order valence-corrected chi connectivity index (χ4v) is 6.35. The summed E-state index contributed by atoms with van der Waals surface area (Å²) in [4.78, 5) is 26.4. The minimum atomic E-state index is -0.610. The lowest BCUT2D eigenvalue weighted by atomic mass is 10.1. The topological polar surface area (TPSA) is 109 Å². The third-order valence-corrected chi connectivity index (χ3v) is 8.02. The van der Waals surface area contributed by atoms with E-state index in [1.807, 2.05) is 18.2 Å². The van der Waals surface area contributed by atoms with Crippen LogP contribution in [0, 0.1) is 11.3 Å². The highest BCUT2D eigenvalue weighted by Gasteiger charge is 2.24. The lowest BCUT2D eigenvalue weighted by Gasteiger charge is -2.17. The molecule has 1 saturated heterocycles. The molecule has 0 bridgehead atoms. The van der Waals surface area contributed by atoms with Crippen LogP contribution in [0.4, 0.5) is 0 Å². The van der Waals surface area contributed by atoms with Crippen molar-refractivity contribution in [2.45, 2.75) is 25.0 Å². The van der Waals surface area contributed by atoms with E-state index in [4.69, 9.17) is 9.15 Å². The van der Waals surface area contributed by atoms with Gasteiger partial charge in [-0.15, -0.1) is 22.7 Å². The zero-order valence-electron chi connectivity index (χ0n) is 17.9. The van der Waals surface area contributed by atoms with Crippen LogP contribution < -0.4 is 16.4 Å². The molecule has 170 valence electrons. The molecule has 1 aliphatic rings. The lowest BCUT2D eigenvalue weighted by Crippen LogP contribution is -2.46. The predicted molar refractivity (Wildman–Crippen MR) is 129 cm³/mol. The van der Waals surface area contributed by atoms with Crippen LogP contribution in [0.2, 0.25) is 0 Å². The molecule has 3 aromatic heterocycles. The number of fused-ring (bicyclic) bond motifs is 2. The number of carbonyl (C=O) groups is 1. The average Bonchev–Trinajstić information content (AvgIpc) is 3.35. The summed E-state index contributed by atoms with van der Waals surface area (Å²) in [6.45, 7) is 1.82. The minimum Gasteiger partial charge on any atom is -0.408 e. The summed E-state index contributed by atoms with van der Waals surface area (Å²) in [6, 6.07) is 11.5. The van der Waals surface area contributed by atoms with Crippen molar-refractivity contribution in [3.8, 4) is 16.5 Å². The molecule has 1 aromatic carbocycles. The summed E-state index contributed by atoms with van der Waals surface area (Å²) < 4.78 is 14.6. The second-order valence-corrected chi connectivity index (χ2v) is 10.2. The van der Waals surface area contributed by atoms with Crippen LogP contribution in [0.5, 0.6) is 0 Å². The molecule has 33 heavy (non-hydrogen) atoms. The Morgan fingerprint density at radius 2 is 2.18 bits per heavy atom. The highest BCUT2D eigenvalue weighted by atomic mass is 32.1. The normalized spacial score (nSPS) is 17.6. The van der Waals surface area contributed by atoms with Gasteiger partial charge in [-0.05, 0) is 48.9 Å². The SMILES string of the molecule is Cn1c(=O)oc2ccc(-c3cc4sc(C[C@@H](C#N)NC(=O)[C@@H]5CNCCCO5)cc4s3)cc21. The molecule has 0 unspecified atom stereocenters. The van der Waals surface area contributed by atoms with Crippen molar-refractivity contribution in [3.05, 3.63) is 45.8 Å². The molecule has 1 aliphatic heterocycles. The summed E-state index contributed by atoms with van der Waals surface area (Å²) in [5.74, 6) is -0.624. The molecule has 0 radical (unpaired) electrons. The number of hydrogen-bond donors (Lipinski definition) is 2. The van der Waals surface area contributed by atoms with Gasteiger partial charge in [0.1, 0.15) is 12.1 Å². The van der Waals surface area contributed by atoms with E-state index in [1.165, 1.54) is 4.57 Å². The second kappa shape index (κ2) is 9.11. The number of nitriles is 1. The first-order valence-corrected chi connectivity index (χ1v) is 12.3. The van der Waals surface area contributed by atoms with Crippen LogP contribution in [0.3, 0.4) is 0 Å². The molecule has 5 rings (SSSR count). The van der Waals surface area contributed by atoms with Crippen LogP contribution in [0.15, 0.2) is 39.5 Å². The van der Waals surface area contributed by atoms with Gasteiger partial charge in [-0.1, -0.05) is 0 Å². The quantitative estimate of drug-likeness (QED) is 0.453. The van der Waals surface area contributed by atoms with E-state index in [0.717, 1.165) is 43.2 Å². The Morgan fingerprint density at radius 3 is 3.00 bits per heavy atom. The largest absolute Gasteiger partial charge is 0.419 e. The Kier molecular flexibility index (Phi) is 6.03. The van der Waals surface area contributed by atoms with Gasteiger partial charge in [-0.3, -0.25) is 9.36 Å². The average molecular weight is 483 g/mol. The molecular formula is C23H22N4O4S2. The fraction of sp³-hybridized carbons (Fsp3) is 0.348. The molecule has 1 fully saturated rings. The van der Waals surface area contributed by atoms with E-state index in [0.29, 0.717) is 25.2 Å². The van der Waals surface area contributed by atoms with Crippen molar-refractivity contribution in [3.63, 3.8) is 0 Å². The molecule has 2 atom stereocenters. The summed E-state index contributed by atoms with van der Waals surface area (Å²) >= 11 is 3.28. The van der Waals surface area contributed by atoms with Gasteiger partial charge in [0.25, 0.3) is 5.91 Å². The lowest BCUT2D eigenvalue weighted by molar-refractivity contribution is -0.132. The third-order valence-electron chi connectivity index (χ3n) is 5.65. The van der Waals surface area contributed by atoms with Crippen molar-refractivity contribution < 1.29 is 13.9 Å². The molecule has 8 nitrogen and oxygen atoms in total. The van der Waals surface area contributed by atoms with E-state index in [9.17, 15) is 14.9 Å². The predicted octanol–water partition coefficient (Wildman–Crippen LogP) is 3.00. The number of nitrogens with one attached hydrogen (secondary N) is 2. The molecule has 1 amide bonds. The van der Waals surface area contributed by atoms with Crippen LogP contribution in [-0.2, 0) is 23.0 Å². The highest BCUT2D eigenvalue weighted by molar-refractivity contribution is 7.29. The van der Waals surface area contributed by atoms with Crippen LogP contribution in [-0.4, -0.2) is 42.3 Å². The maximum atomic E-state index is 12.5. The van der Waals surface area contributed by atoms with Gasteiger partial charge in [-0.25, -0.2) is 4.79 Å². The highest BCUT2D eigenvalue weighted by Crippen LogP contribution is 2.39. The number of oxazole rings is 1. The second-order valence-electron chi connectivity index (χ2n) is 7.97. The number of aryl methyl sites for hydroxylation is 1. The Balaban J connectivity index is 1.30. The standard InChI is InChI=1S/C23H22N4O4S2/c1-27-16-7-13(3-4-17(16)31-23(27)29)19-10-21-20(33-19)9-15(32-21)8-14(11-24)26-22(28)18-12-25-5-2-6-30-18/h3-4,7,9-10,14,18,25H,2,5-6,8,12H2,1H3,(H,26,28)/t14-,18-/m0/s1. The number of amides is 1. The minimum absolute atomic E-state index is 0.249. The van der Waals surface area contributed by atoms with Gasteiger partial charge in [0.15, 0.2) is 5.58 Å². The number of thiophene rings is 2. The molecule has 10 heteroatoms. The van der Waals surface area contributed by atoms with E-state index in [2.05, 4.69) is 28.8 Å². The summed E-state index contributed by atoms with van der Waals surface area (Å²) in [6.07, 6.45) is 0.755. The van der Waals surface area contributed by atoms with E-state index in [-0.39, 0.29) is 11.7 Å². The first-order chi connectivity index (χ1) is 16.0. The number of rotatable bonds is 5. The van der Waals surface area contributed by atoms with Crippen LogP contribution in [0.25, 0.3) is 30.9 Å². The Morgan fingerprint density at radius 1 is 1.33 bits per heavy atom. The zero-order valence-corrected chi connectivity index (χ0v) is 19.6. The van der Waals surface area contributed by atoms with Gasteiger partial charge in [0.05, 0.1) is 11.6 Å². The van der Waals surface area contributed by atoms with Gasteiger partial charge in [0.2, 0.25) is 0 Å². The molecule has 4 aromatic rings. The number of ether oxygens (including phenoxy) is 1. The van der Waals surface area contributed by atoms with Crippen molar-refractivity contribution in [1.29, 1.82) is 5.26 Å². The molecule has 0 spiro atoms. The maximum absolute atomic E-state index is 12.5. The number of hydrogen-bond acceptors (Lipinski definition) is 8. The van der Waals surface area contributed by atoms with Crippen LogP contribution >= 0.6 is 22.7 Å². The Labute approximate surface area is 197 Å². The van der Waals surface area contributed by atoms with E-state index in [1.54, 1.807) is 29.7 Å². The number of nitrogens with zero attached hydrogens (tertiary/aromatic N) is 2. The summed E-state index contributed by atoms with van der Waals surface area (Å²) in [5, 5.41) is 15.6.